The van der Waals surface area contributed by atoms with Gasteiger partial charge in [0.2, 0.25) is 0 Å². The first kappa shape index (κ1) is 19.0. The number of carbonyl (C=O) groups is 2. The van der Waals surface area contributed by atoms with Crippen LogP contribution in [0.5, 0.6) is 5.75 Å². The summed E-state index contributed by atoms with van der Waals surface area (Å²) in [5.74, 6) is -0.601. The van der Waals surface area contributed by atoms with Crippen LogP contribution >= 0.6 is 0 Å². The third kappa shape index (κ3) is 5.58. The summed E-state index contributed by atoms with van der Waals surface area (Å²) in [6.07, 6.45) is -0.276. The highest BCUT2D eigenvalue weighted by atomic mass is 16.5. The maximum atomic E-state index is 12.5. The highest BCUT2D eigenvalue weighted by Gasteiger charge is 2.35. The second kappa shape index (κ2) is 7.99. The molecule has 1 aromatic carbocycles. The minimum absolute atomic E-state index is 0.0148. The molecule has 0 fully saturated rings. The van der Waals surface area contributed by atoms with Crippen LogP contribution in [0.2, 0.25) is 0 Å². The van der Waals surface area contributed by atoms with Crippen LogP contribution in [0.4, 0.5) is 0 Å². The van der Waals surface area contributed by atoms with Crippen LogP contribution in [-0.2, 0) is 9.59 Å². The van der Waals surface area contributed by atoms with Crippen LogP contribution in [0.3, 0.4) is 0 Å². The lowest BCUT2D eigenvalue weighted by atomic mass is 9.85. The molecule has 2 N–H and O–H groups in total. The van der Waals surface area contributed by atoms with Gasteiger partial charge in [0, 0.05) is 0 Å². The third-order valence-corrected chi connectivity index (χ3v) is 4.13. The number of nitrogens with one attached hydrogen (secondary N) is 1. The molecular weight excluding hydrogens is 294 g/mol. The zero-order valence-electron chi connectivity index (χ0n) is 14.6. The van der Waals surface area contributed by atoms with Crippen molar-refractivity contribution >= 4 is 11.9 Å². The molecule has 0 aliphatic heterocycles. The first-order chi connectivity index (χ1) is 10.7. The number of hydrogen-bond donors (Lipinski definition) is 2. The largest absolute Gasteiger partial charge is 0.481 e. The topological polar surface area (TPSA) is 75.6 Å². The molecule has 0 aliphatic rings. The SMILES string of the molecule is CCC(Oc1cccc(C)c1)C(=O)NC(C)(CC(=O)O)C(C)C. The van der Waals surface area contributed by atoms with E-state index in [1.807, 2.05) is 52.0 Å². The predicted molar refractivity (Wildman–Crippen MR) is 89.5 cm³/mol. The van der Waals surface area contributed by atoms with Gasteiger partial charge in [-0.1, -0.05) is 32.9 Å². The van der Waals surface area contributed by atoms with Crippen molar-refractivity contribution in [2.24, 2.45) is 5.92 Å². The average molecular weight is 321 g/mol. The van der Waals surface area contributed by atoms with Gasteiger partial charge in [0.15, 0.2) is 6.10 Å². The Bertz CT molecular complexity index is 556. The number of aliphatic carboxylic acids is 1. The number of ether oxygens (including phenoxy) is 1. The van der Waals surface area contributed by atoms with Crippen LogP contribution in [0, 0.1) is 12.8 Å². The summed E-state index contributed by atoms with van der Waals surface area (Å²) in [4.78, 5) is 23.6. The van der Waals surface area contributed by atoms with Gasteiger partial charge in [-0.15, -0.1) is 0 Å². The van der Waals surface area contributed by atoms with E-state index in [0.717, 1.165) is 5.56 Å². The maximum Gasteiger partial charge on any atom is 0.305 e. The van der Waals surface area contributed by atoms with E-state index in [2.05, 4.69) is 5.32 Å². The van der Waals surface area contributed by atoms with Crippen molar-refractivity contribution in [1.82, 2.24) is 5.32 Å². The van der Waals surface area contributed by atoms with Crippen molar-refractivity contribution in [1.29, 1.82) is 0 Å². The first-order valence-corrected chi connectivity index (χ1v) is 7.95. The molecule has 0 heterocycles. The van der Waals surface area contributed by atoms with Gasteiger partial charge >= 0.3 is 5.97 Å². The summed E-state index contributed by atoms with van der Waals surface area (Å²) in [6.45, 7) is 9.36. The standard InChI is InChI=1S/C18H27NO4/c1-6-15(23-14-9-7-8-13(4)10-14)17(22)19-18(5,12(2)3)11-16(20)21/h7-10,12,15H,6,11H2,1-5H3,(H,19,22)(H,20,21). The number of benzene rings is 1. The number of carboxylic acid groups (broad SMARTS) is 1. The number of carboxylic acids is 1. The monoisotopic (exact) mass is 321 g/mol. The van der Waals surface area contributed by atoms with Crippen molar-refractivity contribution < 1.29 is 19.4 Å². The Morgan fingerprint density at radius 1 is 1.35 bits per heavy atom. The van der Waals surface area contributed by atoms with Crippen LogP contribution in [0.25, 0.3) is 0 Å². The molecule has 23 heavy (non-hydrogen) atoms. The molecule has 0 spiro atoms. The van der Waals surface area contributed by atoms with Gasteiger partial charge in [-0.3, -0.25) is 9.59 Å². The van der Waals surface area contributed by atoms with Crippen molar-refractivity contribution in [2.75, 3.05) is 0 Å². The number of rotatable bonds is 8. The van der Waals surface area contributed by atoms with Crippen LogP contribution in [0.15, 0.2) is 24.3 Å². The van der Waals surface area contributed by atoms with Gasteiger partial charge < -0.3 is 15.2 Å². The van der Waals surface area contributed by atoms with Crippen LogP contribution < -0.4 is 10.1 Å². The van der Waals surface area contributed by atoms with E-state index in [0.29, 0.717) is 12.2 Å². The molecule has 0 saturated carbocycles. The molecule has 1 rings (SSSR count). The van der Waals surface area contributed by atoms with E-state index < -0.39 is 17.6 Å². The van der Waals surface area contributed by atoms with Crippen molar-refractivity contribution in [2.45, 2.75) is 59.1 Å². The summed E-state index contributed by atoms with van der Waals surface area (Å²) in [7, 11) is 0. The molecule has 5 heteroatoms. The molecule has 128 valence electrons. The van der Waals surface area contributed by atoms with Crippen LogP contribution in [-0.4, -0.2) is 28.6 Å². The van der Waals surface area contributed by atoms with E-state index >= 15 is 0 Å². The lowest BCUT2D eigenvalue weighted by Gasteiger charge is -2.34. The molecule has 2 unspecified atom stereocenters. The molecule has 0 radical (unpaired) electrons. The summed E-state index contributed by atoms with van der Waals surface area (Å²) >= 11 is 0. The van der Waals surface area contributed by atoms with Gasteiger partial charge in [-0.25, -0.2) is 0 Å². The second-order valence-corrected chi connectivity index (χ2v) is 6.46. The number of hydrogen-bond acceptors (Lipinski definition) is 3. The minimum Gasteiger partial charge on any atom is -0.481 e. The second-order valence-electron chi connectivity index (χ2n) is 6.46. The smallest absolute Gasteiger partial charge is 0.305 e. The van der Waals surface area contributed by atoms with E-state index in [1.165, 1.54) is 0 Å². The molecule has 0 saturated heterocycles. The zero-order chi connectivity index (χ0) is 17.6. The Labute approximate surface area is 138 Å². The molecule has 0 bridgehead atoms. The summed E-state index contributed by atoms with van der Waals surface area (Å²) in [5.41, 5.74) is 0.238. The van der Waals surface area contributed by atoms with Gasteiger partial charge in [-0.2, -0.15) is 0 Å². The van der Waals surface area contributed by atoms with Gasteiger partial charge in [-0.05, 0) is 43.9 Å². The molecule has 1 aromatic rings. The zero-order valence-corrected chi connectivity index (χ0v) is 14.6. The summed E-state index contributed by atoms with van der Waals surface area (Å²) < 4.78 is 5.78. The Balaban J connectivity index is 2.84. The van der Waals surface area contributed by atoms with Gasteiger partial charge in [0.25, 0.3) is 5.91 Å². The molecule has 0 aliphatic carbocycles. The first-order valence-electron chi connectivity index (χ1n) is 7.95. The van der Waals surface area contributed by atoms with E-state index in [9.17, 15) is 9.59 Å². The van der Waals surface area contributed by atoms with Gasteiger partial charge in [0.1, 0.15) is 5.75 Å². The van der Waals surface area contributed by atoms with Crippen LogP contribution in [0.1, 0.15) is 46.1 Å². The minimum atomic E-state index is -0.936. The Morgan fingerprint density at radius 2 is 2.00 bits per heavy atom. The molecule has 1 amide bonds. The van der Waals surface area contributed by atoms with E-state index in [4.69, 9.17) is 9.84 Å². The Kier molecular flexibility index (Phi) is 6.61. The predicted octanol–water partition coefficient (Wildman–Crippen LogP) is 3.16. The quantitative estimate of drug-likeness (QED) is 0.771. The van der Waals surface area contributed by atoms with Crippen molar-refractivity contribution in [3.8, 4) is 5.75 Å². The highest BCUT2D eigenvalue weighted by molar-refractivity contribution is 5.82. The molecule has 5 nitrogen and oxygen atoms in total. The third-order valence-electron chi connectivity index (χ3n) is 4.13. The number of amides is 1. The molecule has 0 aromatic heterocycles. The molecule has 2 atom stereocenters. The number of aryl methyl sites for hydroxylation is 1. The fourth-order valence-corrected chi connectivity index (χ4v) is 2.24. The molecular formula is C18H27NO4. The lowest BCUT2D eigenvalue weighted by molar-refractivity contribution is -0.140. The van der Waals surface area contributed by atoms with E-state index in [1.54, 1.807) is 6.92 Å². The maximum absolute atomic E-state index is 12.5. The average Bonchev–Trinajstić information content (AvgIpc) is 2.43. The fourth-order valence-electron chi connectivity index (χ4n) is 2.24. The fraction of sp³-hybridized carbons (Fsp3) is 0.556. The highest BCUT2D eigenvalue weighted by Crippen LogP contribution is 2.22. The Morgan fingerprint density at radius 3 is 2.48 bits per heavy atom. The van der Waals surface area contributed by atoms with Crippen molar-refractivity contribution in [3.63, 3.8) is 0 Å². The van der Waals surface area contributed by atoms with Crippen molar-refractivity contribution in [3.05, 3.63) is 29.8 Å². The Hall–Kier alpha value is -2.04. The van der Waals surface area contributed by atoms with E-state index in [-0.39, 0.29) is 18.2 Å². The summed E-state index contributed by atoms with van der Waals surface area (Å²) in [5, 5.41) is 12.0. The summed E-state index contributed by atoms with van der Waals surface area (Å²) in [6, 6.07) is 7.51. The lowest BCUT2D eigenvalue weighted by Crippen LogP contribution is -2.55. The van der Waals surface area contributed by atoms with Gasteiger partial charge in [0.05, 0.1) is 12.0 Å². The normalized spacial score (nSPS) is 14.9. The number of carbonyl (C=O) groups excluding carboxylic acids is 1.